The van der Waals surface area contributed by atoms with Gasteiger partial charge in [-0.25, -0.2) is 8.78 Å². The standard InChI is InChI=1S/C19H26F2N2O.ClH/c1-13-11-14(9-10-22-13)19(24)23(15-5-2-3-6-15)12-16-17(20)7-4-8-18(16)21;/h4,7-8,13-15,22H,2-3,5-6,9-12H2,1H3;1H/t13-,14-;/m0./s1. The van der Waals surface area contributed by atoms with Gasteiger partial charge in [0.05, 0.1) is 6.54 Å². The van der Waals surface area contributed by atoms with E-state index in [-0.39, 0.29) is 42.4 Å². The Morgan fingerprint density at radius 1 is 1.20 bits per heavy atom. The van der Waals surface area contributed by atoms with Gasteiger partial charge in [-0.1, -0.05) is 18.9 Å². The molecule has 1 aromatic rings. The van der Waals surface area contributed by atoms with Gasteiger partial charge >= 0.3 is 0 Å². The number of halogens is 3. The van der Waals surface area contributed by atoms with E-state index in [9.17, 15) is 13.6 Å². The molecule has 1 N–H and O–H groups in total. The van der Waals surface area contributed by atoms with Crippen LogP contribution in [0, 0.1) is 17.6 Å². The lowest BCUT2D eigenvalue weighted by molar-refractivity contribution is -0.139. The van der Waals surface area contributed by atoms with E-state index in [1.807, 2.05) is 0 Å². The Hall–Kier alpha value is -1.20. The van der Waals surface area contributed by atoms with Crippen LogP contribution in [0.5, 0.6) is 0 Å². The molecule has 1 aromatic carbocycles. The molecule has 0 bridgehead atoms. The van der Waals surface area contributed by atoms with Crippen LogP contribution in [-0.4, -0.2) is 29.4 Å². The summed E-state index contributed by atoms with van der Waals surface area (Å²) >= 11 is 0. The van der Waals surface area contributed by atoms with Crippen LogP contribution in [0.1, 0.15) is 51.0 Å². The molecule has 1 aliphatic heterocycles. The summed E-state index contributed by atoms with van der Waals surface area (Å²) in [4.78, 5) is 14.9. The zero-order valence-electron chi connectivity index (χ0n) is 14.6. The molecule has 6 heteroatoms. The van der Waals surface area contributed by atoms with E-state index in [0.717, 1.165) is 45.1 Å². The highest BCUT2D eigenvalue weighted by Crippen LogP contribution is 2.29. The summed E-state index contributed by atoms with van der Waals surface area (Å²) in [5, 5.41) is 3.35. The summed E-state index contributed by atoms with van der Waals surface area (Å²) < 4.78 is 28.2. The minimum atomic E-state index is -0.565. The molecule has 0 aromatic heterocycles. The van der Waals surface area contributed by atoms with Crippen molar-refractivity contribution < 1.29 is 13.6 Å². The van der Waals surface area contributed by atoms with Crippen molar-refractivity contribution in [1.29, 1.82) is 0 Å². The van der Waals surface area contributed by atoms with Crippen molar-refractivity contribution in [2.75, 3.05) is 6.54 Å². The van der Waals surface area contributed by atoms with Crippen LogP contribution in [0.2, 0.25) is 0 Å². The molecule has 25 heavy (non-hydrogen) atoms. The second-order valence-electron chi connectivity index (χ2n) is 7.18. The van der Waals surface area contributed by atoms with Crippen molar-refractivity contribution in [2.45, 2.75) is 64.1 Å². The van der Waals surface area contributed by atoms with Crippen LogP contribution in [-0.2, 0) is 11.3 Å². The third-order valence-electron chi connectivity index (χ3n) is 5.41. The number of rotatable bonds is 4. The van der Waals surface area contributed by atoms with Crippen LogP contribution in [0.3, 0.4) is 0 Å². The normalized spacial score (nSPS) is 24.0. The highest BCUT2D eigenvalue weighted by Gasteiger charge is 2.34. The average molecular weight is 373 g/mol. The Labute approximate surface area is 154 Å². The molecule has 1 saturated heterocycles. The number of benzene rings is 1. The van der Waals surface area contributed by atoms with Gasteiger partial charge in [0.2, 0.25) is 5.91 Å². The second kappa shape index (κ2) is 8.95. The maximum absolute atomic E-state index is 14.1. The molecule has 2 aliphatic rings. The van der Waals surface area contributed by atoms with Gasteiger partial charge in [0.25, 0.3) is 0 Å². The number of nitrogens with one attached hydrogen (secondary N) is 1. The number of piperidine rings is 1. The lowest BCUT2D eigenvalue weighted by Crippen LogP contribution is -2.47. The average Bonchev–Trinajstić information content (AvgIpc) is 3.08. The molecule has 1 saturated carbocycles. The van der Waals surface area contributed by atoms with Crippen molar-refractivity contribution in [3.05, 3.63) is 35.4 Å². The highest BCUT2D eigenvalue weighted by molar-refractivity contribution is 5.85. The first kappa shape index (κ1) is 20.1. The summed E-state index contributed by atoms with van der Waals surface area (Å²) in [6.45, 7) is 2.94. The van der Waals surface area contributed by atoms with E-state index in [0.29, 0.717) is 6.04 Å². The van der Waals surface area contributed by atoms with Gasteiger partial charge in [-0.3, -0.25) is 4.79 Å². The molecule has 140 valence electrons. The maximum Gasteiger partial charge on any atom is 0.226 e. The fourth-order valence-electron chi connectivity index (χ4n) is 4.05. The largest absolute Gasteiger partial charge is 0.335 e. The summed E-state index contributed by atoms with van der Waals surface area (Å²) in [6.07, 6.45) is 5.62. The second-order valence-corrected chi connectivity index (χ2v) is 7.18. The molecule has 1 amide bonds. The van der Waals surface area contributed by atoms with Crippen LogP contribution in [0.4, 0.5) is 8.78 Å². The molecule has 2 fully saturated rings. The molecule has 1 heterocycles. The summed E-state index contributed by atoms with van der Waals surface area (Å²) in [7, 11) is 0. The lowest BCUT2D eigenvalue weighted by atomic mass is 9.91. The van der Waals surface area contributed by atoms with Crippen LogP contribution >= 0.6 is 12.4 Å². The van der Waals surface area contributed by atoms with E-state index < -0.39 is 11.6 Å². The molecule has 3 rings (SSSR count). The minimum absolute atomic E-state index is 0. The third kappa shape index (κ3) is 4.70. The first-order valence-electron chi connectivity index (χ1n) is 9.03. The smallest absolute Gasteiger partial charge is 0.226 e. The van der Waals surface area contributed by atoms with E-state index >= 15 is 0 Å². The monoisotopic (exact) mass is 372 g/mol. The topological polar surface area (TPSA) is 32.3 Å². The van der Waals surface area contributed by atoms with Gasteiger partial charge in [0, 0.05) is 23.6 Å². The first-order chi connectivity index (χ1) is 11.6. The molecular formula is C19H27ClF2N2O. The van der Waals surface area contributed by atoms with E-state index in [1.165, 1.54) is 18.2 Å². The molecular weight excluding hydrogens is 346 g/mol. The molecule has 3 nitrogen and oxygen atoms in total. The summed E-state index contributed by atoms with van der Waals surface area (Å²) in [5.74, 6) is -1.11. The van der Waals surface area contributed by atoms with Crippen LogP contribution in [0.25, 0.3) is 0 Å². The Kier molecular flexibility index (Phi) is 7.20. The number of hydrogen-bond acceptors (Lipinski definition) is 2. The number of hydrogen-bond donors (Lipinski definition) is 1. The Bertz CT molecular complexity index is 573. The third-order valence-corrected chi connectivity index (χ3v) is 5.41. The van der Waals surface area contributed by atoms with Gasteiger partial charge in [0.1, 0.15) is 11.6 Å². The number of carbonyl (C=O) groups is 1. The van der Waals surface area contributed by atoms with E-state index in [4.69, 9.17) is 0 Å². The lowest BCUT2D eigenvalue weighted by Gasteiger charge is -2.35. The fraction of sp³-hybridized carbons (Fsp3) is 0.632. The quantitative estimate of drug-likeness (QED) is 0.864. The van der Waals surface area contributed by atoms with Crippen molar-refractivity contribution in [3.8, 4) is 0 Å². The van der Waals surface area contributed by atoms with Crippen molar-refractivity contribution in [2.24, 2.45) is 5.92 Å². The predicted octanol–water partition coefficient (Wildman–Crippen LogP) is 4.05. The maximum atomic E-state index is 14.1. The molecule has 0 radical (unpaired) electrons. The number of carbonyl (C=O) groups excluding carboxylic acids is 1. The molecule has 0 spiro atoms. The minimum Gasteiger partial charge on any atom is -0.335 e. The van der Waals surface area contributed by atoms with Crippen molar-refractivity contribution in [3.63, 3.8) is 0 Å². The Morgan fingerprint density at radius 2 is 1.84 bits per heavy atom. The Balaban J connectivity index is 0.00000225. The summed E-state index contributed by atoms with van der Waals surface area (Å²) in [5.41, 5.74) is 0.0136. The highest BCUT2D eigenvalue weighted by atomic mass is 35.5. The van der Waals surface area contributed by atoms with Crippen LogP contribution < -0.4 is 5.32 Å². The van der Waals surface area contributed by atoms with E-state index in [2.05, 4.69) is 12.2 Å². The molecule has 2 atom stereocenters. The SMILES string of the molecule is C[C@H]1C[C@@H](C(=O)N(Cc2c(F)cccc2F)C2CCCC2)CCN1.Cl. The van der Waals surface area contributed by atoms with E-state index in [1.54, 1.807) is 4.90 Å². The van der Waals surface area contributed by atoms with Gasteiger partial charge < -0.3 is 10.2 Å². The Morgan fingerprint density at radius 3 is 2.44 bits per heavy atom. The fourth-order valence-corrected chi connectivity index (χ4v) is 4.05. The van der Waals surface area contributed by atoms with Crippen molar-refractivity contribution in [1.82, 2.24) is 10.2 Å². The van der Waals surface area contributed by atoms with Gasteiger partial charge in [-0.15, -0.1) is 12.4 Å². The van der Waals surface area contributed by atoms with Crippen molar-refractivity contribution >= 4 is 18.3 Å². The van der Waals surface area contributed by atoms with Gasteiger partial charge in [-0.05, 0) is 51.3 Å². The van der Waals surface area contributed by atoms with Gasteiger partial charge in [0.15, 0.2) is 0 Å². The molecule has 0 unspecified atom stereocenters. The molecule has 1 aliphatic carbocycles. The zero-order valence-corrected chi connectivity index (χ0v) is 15.5. The van der Waals surface area contributed by atoms with Crippen LogP contribution in [0.15, 0.2) is 18.2 Å². The number of amides is 1. The van der Waals surface area contributed by atoms with Gasteiger partial charge in [-0.2, -0.15) is 0 Å². The first-order valence-corrected chi connectivity index (χ1v) is 9.03. The number of nitrogens with zero attached hydrogens (tertiary/aromatic N) is 1. The zero-order chi connectivity index (χ0) is 17.1. The summed E-state index contributed by atoms with van der Waals surface area (Å²) in [6, 6.07) is 4.32. The predicted molar refractivity (Wildman–Crippen MR) is 96.6 cm³/mol.